The largest absolute Gasteiger partial charge is 0.493 e. The minimum absolute atomic E-state index is 0.0705. The summed E-state index contributed by atoms with van der Waals surface area (Å²) in [7, 11) is 4.32. The van der Waals surface area contributed by atoms with Crippen molar-refractivity contribution in [2.24, 2.45) is 0 Å². The molecule has 2 aromatic carbocycles. The summed E-state index contributed by atoms with van der Waals surface area (Å²) in [6.07, 6.45) is 1.38. The minimum Gasteiger partial charge on any atom is -0.493 e. The number of amides is 1. The highest BCUT2D eigenvalue weighted by Gasteiger charge is 2.22. The first kappa shape index (κ1) is 26.3. The monoisotopic (exact) mass is 495 g/mol. The summed E-state index contributed by atoms with van der Waals surface area (Å²) in [5, 5.41) is 7.15. The zero-order valence-corrected chi connectivity index (χ0v) is 20.9. The van der Waals surface area contributed by atoms with Crippen molar-refractivity contribution in [2.75, 3.05) is 27.9 Å². The van der Waals surface area contributed by atoms with Crippen molar-refractivity contribution in [3.05, 3.63) is 71.0 Å². The quantitative estimate of drug-likeness (QED) is 0.425. The second kappa shape index (κ2) is 11.9. The minimum atomic E-state index is -0.662. The summed E-state index contributed by atoms with van der Waals surface area (Å²) in [5.41, 5.74) is 2.70. The smallest absolute Gasteiger partial charge is 0.341 e. The van der Waals surface area contributed by atoms with E-state index >= 15 is 0 Å². The molecule has 1 aromatic heterocycles. The number of benzene rings is 2. The highest BCUT2D eigenvalue weighted by molar-refractivity contribution is 5.95. The molecule has 1 amide bonds. The average Bonchev–Trinajstić information content (AvgIpc) is 3.29. The van der Waals surface area contributed by atoms with Crippen LogP contribution in [0.4, 0.5) is 0 Å². The van der Waals surface area contributed by atoms with E-state index in [1.807, 2.05) is 0 Å². The van der Waals surface area contributed by atoms with E-state index in [-0.39, 0.29) is 18.9 Å². The summed E-state index contributed by atoms with van der Waals surface area (Å²) in [5.74, 6) is -0.295. The first-order valence-corrected chi connectivity index (χ1v) is 11.2. The van der Waals surface area contributed by atoms with Gasteiger partial charge in [-0.15, -0.1) is 0 Å². The molecule has 0 aliphatic rings. The fourth-order valence-corrected chi connectivity index (χ4v) is 3.65. The van der Waals surface area contributed by atoms with Crippen molar-refractivity contribution in [1.29, 1.82) is 0 Å². The van der Waals surface area contributed by atoms with Crippen LogP contribution in [0.3, 0.4) is 0 Å². The van der Waals surface area contributed by atoms with E-state index in [4.69, 9.17) is 18.9 Å². The maximum Gasteiger partial charge on any atom is 0.341 e. The standard InChI is InChI=1S/C26H29N3O7/c1-6-36-26(32)20-15-27-29(16(20)2)19-10-7-17(8-11-19)25(31)28-21(14-24(30)35-5)18-9-12-22(33-3)23(13-18)34-4/h7-13,15,21H,6,14H2,1-5H3,(H,28,31). The van der Waals surface area contributed by atoms with Gasteiger partial charge in [0.05, 0.1) is 58.0 Å². The Bertz CT molecular complexity index is 1230. The number of hydrogen-bond donors (Lipinski definition) is 1. The highest BCUT2D eigenvalue weighted by atomic mass is 16.5. The van der Waals surface area contributed by atoms with Crippen LogP contribution in [0.5, 0.6) is 11.5 Å². The average molecular weight is 496 g/mol. The van der Waals surface area contributed by atoms with Crippen molar-refractivity contribution in [3.8, 4) is 17.2 Å². The van der Waals surface area contributed by atoms with Crippen LogP contribution < -0.4 is 14.8 Å². The Morgan fingerprint density at radius 2 is 1.69 bits per heavy atom. The maximum absolute atomic E-state index is 13.1. The topological polar surface area (TPSA) is 118 Å². The summed E-state index contributed by atoms with van der Waals surface area (Å²) in [6.45, 7) is 3.77. The number of carbonyl (C=O) groups excluding carboxylic acids is 3. The zero-order chi connectivity index (χ0) is 26.2. The van der Waals surface area contributed by atoms with Gasteiger partial charge in [0.1, 0.15) is 5.56 Å². The first-order chi connectivity index (χ1) is 17.3. The molecule has 0 fully saturated rings. The van der Waals surface area contributed by atoms with Crippen LogP contribution in [0.25, 0.3) is 5.69 Å². The maximum atomic E-state index is 13.1. The van der Waals surface area contributed by atoms with Crippen molar-refractivity contribution >= 4 is 17.8 Å². The molecule has 0 bridgehead atoms. The summed E-state index contributed by atoms with van der Waals surface area (Å²) < 4.78 is 22.1. The molecule has 10 nitrogen and oxygen atoms in total. The molecule has 3 rings (SSSR count). The number of aromatic nitrogens is 2. The molecular weight excluding hydrogens is 466 g/mol. The number of rotatable bonds is 10. The van der Waals surface area contributed by atoms with Crippen LogP contribution >= 0.6 is 0 Å². The fraction of sp³-hybridized carbons (Fsp3) is 0.308. The van der Waals surface area contributed by atoms with E-state index in [0.29, 0.717) is 39.6 Å². The molecule has 0 radical (unpaired) electrons. The molecule has 1 N–H and O–H groups in total. The number of hydrogen-bond acceptors (Lipinski definition) is 8. The molecule has 0 saturated heterocycles. The van der Waals surface area contributed by atoms with E-state index in [0.717, 1.165) is 0 Å². The molecule has 3 aromatic rings. The van der Waals surface area contributed by atoms with E-state index in [1.54, 1.807) is 61.0 Å². The van der Waals surface area contributed by atoms with Crippen LogP contribution in [-0.4, -0.2) is 55.6 Å². The number of nitrogens with zero attached hydrogens (tertiary/aromatic N) is 2. The lowest BCUT2D eigenvalue weighted by atomic mass is 10.0. The van der Waals surface area contributed by atoms with Crippen molar-refractivity contribution < 1.29 is 33.3 Å². The molecule has 0 spiro atoms. The summed E-state index contributed by atoms with van der Waals surface area (Å²) in [4.78, 5) is 37.2. The van der Waals surface area contributed by atoms with E-state index in [9.17, 15) is 14.4 Å². The lowest BCUT2D eigenvalue weighted by Crippen LogP contribution is -2.30. The van der Waals surface area contributed by atoms with E-state index in [1.165, 1.54) is 27.5 Å². The Morgan fingerprint density at radius 1 is 1.00 bits per heavy atom. The predicted octanol–water partition coefficient (Wildman–Crippen LogP) is 3.41. The van der Waals surface area contributed by atoms with Crippen LogP contribution in [0.1, 0.15) is 51.4 Å². The molecule has 1 heterocycles. The normalized spacial score (nSPS) is 11.4. The SMILES string of the molecule is CCOC(=O)c1cnn(-c2ccc(C(=O)NC(CC(=O)OC)c3ccc(OC)c(OC)c3)cc2)c1C. The summed E-state index contributed by atoms with van der Waals surface area (Å²) in [6, 6.07) is 11.2. The van der Waals surface area contributed by atoms with Gasteiger partial charge < -0.3 is 24.3 Å². The number of methoxy groups -OCH3 is 3. The molecule has 0 saturated carbocycles. The van der Waals surface area contributed by atoms with Gasteiger partial charge in [-0.25, -0.2) is 9.48 Å². The van der Waals surface area contributed by atoms with Crippen LogP contribution in [-0.2, 0) is 14.3 Å². The second-order valence-electron chi connectivity index (χ2n) is 7.74. The van der Waals surface area contributed by atoms with Crippen molar-refractivity contribution in [3.63, 3.8) is 0 Å². The Morgan fingerprint density at radius 3 is 2.31 bits per heavy atom. The molecule has 1 atom stereocenters. The van der Waals surface area contributed by atoms with Crippen molar-refractivity contribution in [1.82, 2.24) is 15.1 Å². The van der Waals surface area contributed by atoms with Gasteiger partial charge in [-0.05, 0) is 55.8 Å². The third-order valence-electron chi connectivity index (χ3n) is 5.59. The van der Waals surface area contributed by atoms with E-state index < -0.39 is 18.0 Å². The number of carbonyl (C=O) groups is 3. The second-order valence-corrected chi connectivity index (χ2v) is 7.74. The molecule has 190 valence electrons. The van der Waals surface area contributed by atoms with Gasteiger partial charge in [-0.2, -0.15) is 5.10 Å². The fourth-order valence-electron chi connectivity index (χ4n) is 3.65. The number of esters is 2. The third kappa shape index (κ3) is 5.83. The Hall–Kier alpha value is -4.34. The number of nitrogens with one attached hydrogen (secondary N) is 1. The van der Waals surface area contributed by atoms with Gasteiger partial charge in [0.2, 0.25) is 0 Å². The molecule has 0 aliphatic carbocycles. The van der Waals surface area contributed by atoms with Gasteiger partial charge in [0, 0.05) is 5.56 Å². The van der Waals surface area contributed by atoms with Crippen molar-refractivity contribution in [2.45, 2.75) is 26.3 Å². The summed E-state index contributed by atoms with van der Waals surface area (Å²) >= 11 is 0. The van der Waals surface area contributed by atoms with Crippen LogP contribution in [0.2, 0.25) is 0 Å². The Labute approximate surface area is 209 Å². The molecular formula is C26H29N3O7. The van der Waals surface area contributed by atoms with Gasteiger partial charge in [0.25, 0.3) is 5.91 Å². The molecule has 36 heavy (non-hydrogen) atoms. The molecule has 0 aliphatic heterocycles. The van der Waals surface area contributed by atoms with Gasteiger partial charge in [0.15, 0.2) is 11.5 Å². The van der Waals surface area contributed by atoms with Crippen LogP contribution in [0, 0.1) is 6.92 Å². The van der Waals surface area contributed by atoms with E-state index in [2.05, 4.69) is 10.4 Å². The predicted molar refractivity (Wildman–Crippen MR) is 131 cm³/mol. The third-order valence-corrected chi connectivity index (χ3v) is 5.59. The molecule has 10 heteroatoms. The van der Waals surface area contributed by atoms with Gasteiger partial charge in [-0.3, -0.25) is 9.59 Å². The Balaban J connectivity index is 1.82. The Kier molecular flexibility index (Phi) is 8.66. The van der Waals surface area contributed by atoms with Gasteiger partial charge >= 0.3 is 11.9 Å². The number of ether oxygens (including phenoxy) is 4. The lowest BCUT2D eigenvalue weighted by Gasteiger charge is -2.20. The zero-order valence-electron chi connectivity index (χ0n) is 20.9. The highest BCUT2D eigenvalue weighted by Crippen LogP contribution is 2.31. The lowest BCUT2D eigenvalue weighted by molar-refractivity contribution is -0.141. The first-order valence-electron chi connectivity index (χ1n) is 11.2. The van der Waals surface area contributed by atoms with Gasteiger partial charge in [-0.1, -0.05) is 6.07 Å². The van der Waals surface area contributed by atoms with Crippen LogP contribution in [0.15, 0.2) is 48.7 Å². The molecule has 1 unspecified atom stereocenters.